The minimum atomic E-state index is 0.0381. The Morgan fingerprint density at radius 2 is 1.83 bits per heavy atom. The summed E-state index contributed by atoms with van der Waals surface area (Å²) in [6.45, 7) is 3.46. The third kappa shape index (κ3) is 2.77. The molecule has 0 spiro atoms. The van der Waals surface area contributed by atoms with Crippen LogP contribution >= 0.6 is 11.6 Å². The number of halogens is 1. The molecule has 1 amide bonds. The highest BCUT2D eigenvalue weighted by atomic mass is 35.5. The molecule has 0 aliphatic carbocycles. The van der Waals surface area contributed by atoms with E-state index in [1.54, 1.807) is 18.5 Å². The Balaban J connectivity index is 1.42. The molecule has 2 saturated heterocycles. The second-order valence-corrected chi connectivity index (χ2v) is 6.62. The predicted octanol–water partition coefficient (Wildman–Crippen LogP) is 2.34. The van der Waals surface area contributed by atoms with Gasteiger partial charge in [-0.05, 0) is 24.3 Å². The Morgan fingerprint density at radius 1 is 1.04 bits per heavy atom. The smallest absolute Gasteiger partial charge is 0.272 e. The normalized spacial score (nSPS) is 23.2. The molecular weight excluding hydrogens is 312 g/mol. The SMILES string of the molecule is O=C(c1ccccn1)N1CC2CN(c3ccc(Cl)cn3)CC2C1. The molecule has 2 atom stereocenters. The Labute approximate surface area is 139 Å². The first kappa shape index (κ1) is 14.5. The number of anilines is 1. The van der Waals surface area contributed by atoms with Crippen LogP contribution in [0.3, 0.4) is 0 Å². The van der Waals surface area contributed by atoms with Crippen LogP contribution in [0.15, 0.2) is 42.7 Å². The molecule has 0 saturated carbocycles. The van der Waals surface area contributed by atoms with E-state index in [0.29, 0.717) is 22.6 Å². The van der Waals surface area contributed by atoms with Gasteiger partial charge in [-0.1, -0.05) is 17.7 Å². The number of pyridine rings is 2. The molecule has 23 heavy (non-hydrogen) atoms. The molecule has 2 aliphatic rings. The molecule has 4 heterocycles. The Morgan fingerprint density at radius 3 is 2.43 bits per heavy atom. The number of likely N-dealkylation sites (tertiary alicyclic amines) is 1. The van der Waals surface area contributed by atoms with Gasteiger partial charge in [-0.3, -0.25) is 9.78 Å². The van der Waals surface area contributed by atoms with Crippen LogP contribution < -0.4 is 4.90 Å². The third-order valence-electron chi connectivity index (χ3n) is 4.69. The van der Waals surface area contributed by atoms with Crippen LogP contribution in [0.1, 0.15) is 10.5 Å². The summed E-state index contributed by atoms with van der Waals surface area (Å²) in [5.41, 5.74) is 0.531. The molecule has 2 aliphatic heterocycles. The van der Waals surface area contributed by atoms with E-state index < -0.39 is 0 Å². The number of fused-ring (bicyclic) bond motifs is 1. The van der Waals surface area contributed by atoms with Crippen molar-refractivity contribution in [2.24, 2.45) is 11.8 Å². The summed E-state index contributed by atoms with van der Waals surface area (Å²) < 4.78 is 0. The zero-order chi connectivity index (χ0) is 15.8. The first-order chi connectivity index (χ1) is 11.2. The fourth-order valence-electron chi connectivity index (χ4n) is 3.55. The molecule has 2 unspecified atom stereocenters. The van der Waals surface area contributed by atoms with Crippen molar-refractivity contribution in [3.8, 4) is 0 Å². The van der Waals surface area contributed by atoms with Crippen LogP contribution in [-0.4, -0.2) is 47.0 Å². The lowest BCUT2D eigenvalue weighted by Gasteiger charge is -2.22. The van der Waals surface area contributed by atoms with Crippen molar-refractivity contribution in [2.45, 2.75) is 0 Å². The molecule has 2 aromatic rings. The molecule has 2 aromatic heterocycles. The lowest BCUT2D eigenvalue weighted by atomic mass is 10.0. The van der Waals surface area contributed by atoms with Crippen molar-refractivity contribution in [1.29, 1.82) is 0 Å². The van der Waals surface area contributed by atoms with Crippen molar-refractivity contribution < 1.29 is 4.79 Å². The van der Waals surface area contributed by atoms with Crippen molar-refractivity contribution in [3.63, 3.8) is 0 Å². The second kappa shape index (κ2) is 5.81. The zero-order valence-electron chi connectivity index (χ0n) is 12.6. The quantitative estimate of drug-likeness (QED) is 0.849. The topological polar surface area (TPSA) is 49.3 Å². The number of hydrogen-bond donors (Lipinski definition) is 0. The molecule has 0 radical (unpaired) electrons. The summed E-state index contributed by atoms with van der Waals surface area (Å²) in [5.74, 6) is 2.00. The van der Waals surface area contributed by atoms with Crippen LogP contribution in [0.4, 0.5) is 5.82 Å². The molecule has 6 heteroatoms. The number of hydrogen-bond acceptors (Lipinski definition) is 4. The van der Waals surface area contributed by atoms with E-state index in [2.05, 4.69) is 14.9 Å². The molecule has 2 fully saturated rings. The van der Waals surface area contributed by atoms with Gasteiger partial charge in [0.1, 0.15) is 11.5 Å². The number of nitrogens with zero attached hydrogens (tertiary/aromatic N) is 4. The maximum absolute atomic E-state index is 12.5. The second-order valence-electron chi connectivity index (χ2n) is 6.18. The van der Waals surface area contributed by atoms with Gasteiger partial charge in [0, 0.05) is 50.4 Å². The van der Waals surface area contributed by atoms with Gasteiger partial charge < -0.3 is 9.80 Å². The summed E-state index contributed by atoms with van der Waals surface area (Å²) >= 11 is 5.90. The summed E-state index contributed by atoms with van der Waals surface area (Å²) in [5, 5.41) is 0.653. The van der Waals surface area contributed by atoms with Crippen LogP contribution in [0, 0.1) is 11.8 Å². The number of carbonyl (C=O) groups is 1. The van der Waals surface area contributed by atoms with E-state index in [-0.39, 0.29) is 5.91 Å². The van der Waals surface area contributed by atoms with Crippen molar-refractivity contribution in [2.75, 3.05) is 31.1 Å². The van der Waals surface area contributed by atoms with Crippen LogP contribution in [0.25, 0.3) is 0 Å². The zero-order valence-corrected chi connectivity index (χ0v) is 13.4. The Bertz CT molecular complexity index is 692. The van der Waals surface area contributed by atoms with Gasteiger partial charge >= 0.3 is 0 Å². The number of aromatic nitrogens is 2. The van der Waals surface area contributed by atoms with E-state index >= 15 is 0 Å². The minimum Gasteiger partial charge on any atom is -0.356 e. The average Bonchev–Trinajstić information content (AvgIpc) is 3.14. The van der Waals surface area contributed by atoms with E-state index in [1.165, 1.54) is 0 Å². The first-order valence-corrected chi connectivity index (χ1v) is 8.15. The van der Waals surface area contributed by atoms with E-state index in [0.717, 1.165) is 32.0 Å². The molecule has 0 N–H and O–H groups in total. The van der Waals surface area contributed by atoms with Crippen LogP contribution in [0.2, 0.25) is 5.02 Å². The Hall–Kier alpha value is -2.14. The summed E-state index contributed by atoms with van der Waals surface area (Å²) in [6.07, 6.45) is 3.35. The highest BCUT2D eigenvalue weighted by Crippen LogP contribution is 2.33. The van der Waals surface area contributed by atoms with E-state index in [9.17, 15) is 4.79 Å². The largest absolute Gasteiger partial charge is 0.356 e. The molecular formula is C17H17ClN4O. The maximum atomic E-state index is 12.5. The summed E-state index contributed by atoms with van der Waals surface area (Å²) in [7, 11) is 0. The van der Waals surface area contributed by atoms with Crippen LogP contribution in [0.5, 0.6) is 0 Å². The van der Waals surface area contributed by atoms with E-state index in [4.69, 9.17) is 11.6 Å². The lowest BCUT2D eigenvalue weighted by Crippen LogP contribution is -2.33. The van der Waals surface area contributed by atoms with Crippen molar-refractivity contribution in [1.82, 2.24) is 14.9 Å². The number of carbonyl (C=O) groups excluding carboxylic acids is 1. The fourth-order valence-corrected chi connectivity index (χ4v) is 3.66. The highest BCUT2D eigenvalue weighted by Gasteiger charge is 2.42. The molecule has 118 valence electrons. The van der Waals surface area contributed by atoms with Gasteiger partial charge in [0.15, 0.2) is 0 Å². The Kier molecular flexibility index (Phi) is 3.65. The third-order valence-corrected chi connectivity index (χ3v) is 4.92. The first-order valence-electron chi connectivity index (χ1n) is 7.77. The van der Waals surface area contributed by atoms with Crippen LogP contribution in [-0.2, 0) is 0 Å². The lowest BCUT2D eigenvalue weighted by molar-refractivity contribution is 0.0777. The van der Waals surface area contributed by atoms with Crippen molar-refractivity contribution >= 4 is 23.3 Å². The maximum Gasteiger partial charge on any atom is 0.272 e. The molecule has 5 nitrogen and oxygen atoms in total. The van der Waals surface area contributed by atoms with Crippen molar-refractivity contribution in [3.05, 3.63) is 53.4 Å². The van der Waals surface area contributed by atoms with E-state index in [1.807, 2.05) is 29.2 Å². The monoisotopic (exact) mass is 328 g/mol. The van der Waals surface area contributed by atoms with Gasteiger partial charge in [0.25, 0.3) is 5.91 Å². The average molecular weight is 329 g/mol. The highest BCUT2D eigenvalue weighted by molar-refractivity contribution is 6.30. The van der Waals surface area contributed by atoms with Gasteiger partial charge in [-0.15, -0.1) is 0 Å². The fraction of sp³-hybridized carbons (Fsp3) is 0.353. The minimum absolute atomic E-state index is 0.0381. The molecule has 4 rings (SSSR count). The summed E-state index contributed by atoms with van der Waals surface area (Å²) in [4.78, 5) is 25.3. The van der Waals surface area contributed by atoms with Gasteiger partial charge in [-0.2, -0.15) is 0 Å². The summed E-state index contributed by atoms with van der Waals surface area (Å²) in [6, 6.07) is 9.28. The molecule has 0 bridgehead atoms. The number of amides is 1. The van der Waals surface area contributed by atoms with Gasteiger partial charge in [0.05, 0.1) is 5.02 Å². The predicted molar refractivity (Wildman–Crippen MR) is 88.6 cm³/mol. The van der Waals surface area contributed by atoms with Gasteiger partial charge in [0.2, 0.25) is 0 Å². The molecule has 0 aromatic carbocycles. The number of rotatable bonds is 2. The standard InChI is InChI=1S/C17H17ClN4O/c18-14-4-5-16(20-7-14)21-8-12-10-22(11-13(12)9-21)17(23)15-3-1-2-6-19-15/h1-7,12-13H,8-11H2. The van der Waals surface area contributed by atoms with Gasteiger partial charge in [-0.25, -0.2) is 4.98 Å².